The molecule has 2 rings (SSSR count). The van der Waals surface area contributed by atoms with E-state index >= 15 is 0 Å². The molecule has 142 valence electrons. The minimum Gasteiger partial charge on any atom is -0.494 e. The number of nitrogens with zero attached hydrogens (tertiary/aromatic N) is 2. The standard InChI is InChI=1S/C20H30N4OS/c1-4-5-14-25-19-8-6-17(7-9-19)10-12-22-20(21-3)23-13-11-18-15-26-16(2)24-18/h6-9,15H,4-5,10-14H2,1-3H3,(H2,21,22,23). The number of benzene rings is 1. The van der Waals surface area contributed by atoms with Gasteiger partial charge in [0, 0.05) is 31.9 Å². The van der Waals surface area contributed by atoms with Crippen LogP contribution in [0.5, 0.6) is 5.75 Å². The summed E-state index contributed by atoms with van der Waals surface area (Å²) in [5, 5.41) is 9.92. The number of nitrogens with one attached hydrogen (secondary N) is 2. The molecule has 0 fully saturated rings. The number of hydrogen-bond acceptors (Lipinski definition) is 4. The van der Waals surface area contributed by atoms with Gasteiger partial charge in [0.25, 0.3) is 0 Å². The van der Waals surface area contributed by atoms with Gasteiger partial charge in [-0.2, -0.15) is 0 Å². The molecule has 0 aliphatic rings. The van der Waals surface area contributed by atoms with E-state index in [1.165, 1.54) is 5.56 Å². The van der Waals surface area contributed by atoms with Crippen molar-refractivity contribution >= 4 is 17.3 Å². The Kier molecular flexibility index (Phi) is 8.96. The van der Waals surface area contributed by atoms with Crippen LogP contribution in [0.3, 0.4) is 0 Å². The van der Waals surface area contributed by atoms with Crippen LogP contribution in [0.2, 0.25) is 0 Å². The first kappa shape index (κ1) is 20.2. The van der Waals surface area contributed by atoms with E-state index in [2.05, 4.69) is 45.0 Å². The zero-order chi connectivity index (χ0) is 18.6. The minimum atomic E-state index is 0.792. The number of aryl methyl sites for hydroxylation is 1. The molecule has 0 saturated heterocycles. The van der Waals surface area contributed by atoms with Crippen molar-refractivity contribution in [2.24, 2.45) is 4.99 Å². The molecule has 1 aromatic carbocycles. The van der Waals surface area contributed by atoms with Crippen molar-refractivity contribution in [1.29, 1.82) is 0 Å². The van der Waals surface area contributed by atoms with E-state index in [4.69, 9.17) is 4.74 Å². The molecule has 0 saturated carbocycles. The third-order valence-electron chi connectivity index (χ3n) is 3.96. The largest absolute Gasteiger partial charge is 0.494 e. The summed E-state index contributed by atoms with van der Waals surface area (Å²) in [6, 6.07) is 8.36. The molecule has 0 atom stereocenters. The van der Waals surface area contributed by atoms with Crippen LogP contribution in [0.4, 0.5) is 0 Å². The number of ether oxygens (including phenoxy) is 1. The van der Waals surface area contributed by atoms with E-state index in [0.717, 1.165) is 67.8 Å². The Bertz CT molecular complexity index is 667. The molecule has 0 aliphatic heterocycles. The van der Waals surface area contributed by atoms with Crippen LogP contribution in [0.1, 0.15) is 36.0 Å². The third kappa shape index (κ3) is 7.44. The Balaban J connectivity index is 1.65. The maximum Gasteiger partial charge on any atom is 0.190 e. The normalized spacial score (nSPS) is 11.4. The van der Waals surface area contributed by atoms with E-state index in [1.54, 1.807) is 18.4 Å². The molecular formula is C20H30N4OS. The topological polar surface area (TPSA) is 58.5 Å². The molecule has 0 radical (unpaired) electrons. The lowest BCUT2D eigenvalue weighted by Crippen LogP contribution is -2.39. The fourth-order valence-corrected chi connectivity index (χ4v) is 3.11. The molecule has 0 aliphatic carbocycles. The van der Waals surface area contributed by atoms with Crippen molar-refractivity contribution in [3.8, 4) is 5.75 Å². The van der Waals surface area contributed by atoms with E-state index < -0.39 is 0 Å². The predicted molar refractivity (Wildman–Crippen MR) is 110 cm³/mol. The molecule has 0 amide bonds. The summed E-state index contributed by atoms with van der Waals surface area (Å²) in [5.41, 5.74) is 2.42. The predicted octanol–water partition coefficient (Wildman–Crippen LogP) is 3.58. The maximum atomic E-state index is 5.69. The molecule has 1 heterocycles. The zero-order valence-electron chi connectivity index (χ0n) is 16.0. The van der Waals surface area contributed by atoms with Gasteiger partial charge in [-0.1, -0.05) is 25.5 Å². The lowest BCUT2D eigenvalue weighted by atomic mass is 10.1. The van der Waals surface area contributed by atoms with E-state index in [9.17, 15) is 0 Å². The molecule has 2 N–H and O–H groups in total. The fraction of sp³-hybridized carbons (Fsp3) is 0.500. The molecule has 0 bridgehead atoms. The average Bonchev–Trinajstić information content (AvgIpc) is 3.07. The van der Waals surface area contributed by atoms with E-state index in [-0.39, 0.29) is 0 Å². The second-order valence-corrected chi connectivity index (χ2v) is 7.19. The Morgan fingerprint density at radius 2 is 1.88 bits per heavy atom. The first-order valence-corrected chi connectivity index (χ1v) is 10.2. The van der Waals surface area contributed by atoms with Crippen LogP contribution in [0.25, 0.3) is 0 Å². The molecule has 26 heavy (non-hydrogen) atoms. The van der Waals surface area contributed by atoms with Gasteiger partial charge in [0.1, 0.15) is 5.75 Å². The van der Waals surface area contributed by atoms with Crippen molar-refractivity contribution in [1.82, 2.24) is 15.6 Å². The highest BCUT2D eigenvalue weighted by Gasteiger charge is 2.01. The Morgan fingerprint density at radius 3 is 2.50 bits per heavy atom. The second-order valence-electron chi connectivity index (χ2n) is 6.13. The molecule has 6 heteroatoms. The smallest absolute Gasteiger partial charge is 0.190 e. The quantitative estimate of drug-likeness (QED) is 0.379. The maximum absolute atomic E-state index is 5.69. The molecule has 2 aromatic rings. The van der Waals surface area contributed by atoms with E-state index in [0.29, 0.717) is 0 Å². The van der Waals surface area contributed by atoms with Gasteiger partial charge in [0.2, 0.25) is 0 Å². The summed E-state index contributed by atoms with van der Waals surface area (Å²) in [5.74, 6) is 1.78. The Labute approximate surface area is 160 Å². The number of aromatic nitrogens is 1. The van der Waals surface area contributed by atoms with Gasteiger partial charge < -0.3 is 15.4 Å². The molecular weight excluding hydrogens is 344 g/mol. The Hall–Kier alpha value is -2.08. The van der Waals surface area contributed by atoms with Crippen LogP contribution in [-0.4, -0.2) is 37.7 Å². The fourth-order valence-electron chi connectivity index (χ4n) is 2.46. The molecule has 1 aromatic heterocycles. The molecule has 5 nitrogen and oxygen atoms in total. The summed E-state index contributed by atoms with van der Waals surface area (Å²) in [7, 11) is 1.80. The van der Waals surface area contributed by atoms with Crippen molar-refractivity contribution in [2.75, 3.05) is 26.7 Å². The summed E-state index contributed by atoms with van der Waals surface area (Å²) < 4.78 is 5.69. The average molecular weight is 375 g/mol. The van der Waals surface area contributed by atoms with Gasteiger partial charge in [0.15, 0.2) is 5.96 Å². The summed E-state index contributed by atoms with van der Waals surface area (Å²) >= 11 is 1.69. The van der Waals surface area contributed by atoms with Crippen LogP contribution >= 0.6 is 11.3 Å². The van der Waals surface area contributed by atoms with Crippen LogP contribution in [0, 0.1) is 6.92 Å². The number of aliphatic imine (C=N–C) groups is 1. The summed E-state index contributed by atoms with van der Waals surface area (Å²) in [4.78, 5) is 8.74. The first-order valence-electron chi connectivity index (χ1n) is 9.28. The van der Waals surface area contributed by atoms with Crippen LogP contribution < -0.4 is 15.4 Å². The van der Waals surface area contributed by atoms with Gasteiger partial charge in [-0.3, -0.25) is 4.99 Å². The van der Waals surface area contributed by atoms with Crippen molar-refractivity contribution in [2.45, 2.75) is 39.5 Å². The summed E-state index contributed by atoms with van der Waals surface area (Å²) in [6.45, 7) is 6.66. The number of unbranched alkanes of at least 4 members (excludes halogenated alkanes) is 1. The molecule has 0 unspecified atom stereocenters. The second kappa shape index (κ2) is 11.5. The number of guanidine groups is 1. The Morgan fingerprint density at radius 1 is 1.15 bits per heavy atom. The molecule has 0 spiro atoms. The van der Waals surface area contributed by atoms with Crippen molar-refractivity contribution in [3.63, 3.8) is 0 Å². The number of hydrogen-bond donors (Lipinski definition) is 2. The lowest BCUT2D eigenvalue weighted by molar-refractivity contribution is 0.309. The number of rotatable bonds is 10. The van der Waals surface area contributed by atoms with Gasteiger partial charge in [-0.05, 0) is 37.5 Å². The monoisotopic (exact) mass is 374 g/mol. The first-order chi connectivity index (χ1) is 12.7. The number of thiazole rings is 1. The van der Waals surface area contributed by atoms with Crippen LogP contribution in [-0.2, 0) is 12.8 Å². The van der Waals surface area contributed by atoms with Crippen molar-refractivity contribution < 1.29 is 4.74 Å². The summed E-state index contributed by atoms with van der Waals surface area (Å²) in [6.07, 6.45) is 4.11. The SMILES string of the molecule is CCCCOc1ccc(CCNC(=NC)NCCc2csc(C)n2)cc1. The van der Waals surface area contributed by atoms with E-state index in [1.807, 2.05) is 19.1 Å². The minimum absolute atomic E-state index is 0.792. The van der Waals surface area contributed by atoms with Gasteiger partial charge in [0.05, 0.1) is 17.3 Å². The van der Waals surface area contributed by atoms with Crippen molar-refractivity contribution in [3.05, 3.63) is 45.9 Å². The zero-order valence-corrected chi connectivity index (χ0v) is 16.9. The van der Waals surface area contributed by atoms with Gasteiger partial charge >= 0.3 is 0 Å². The highest BCUT2D eigenvalue weighted by Crippen LogP contribution is 2.13. The van der Waals surface area contributed by atoms with Crippen LogP contribution in [0.15, 0.2) is 34.6 Å². The lowest BCUT2D eigenvalue weighted by Gasteiger charge is -2.12. The highest BCUT2D eigenvalue weighted by molar-refractivity contribution is 7.09. The van der Waals surface area contributed by atoms with Gasteiger partial charge in [-0.15, -0.1) is 11.3 Å². The third-order valence-corrected chi connectivity index (χ3v) is 4.78. The van der Waals surface area contributed by atoms with Gasteiger partial charge in [-0.25, -0.2) is 4.98 Å². The highest BCUT2D eigenvalue weighted by atomic mass is 32.1.